The third kappa shape index (κ3) is 13.0. The van der Waals surface area contributed by atoms with Crippen LogP contribution in [0.2, 0.25) is 0 Å². The Kier molecular flexibility index (Phi) is 21.1. The molecule has 3 rings (SSSR count). The van der Waals surface area contributed by atoms with Gasteiger partial charge in [0, 0.05) is 43.7 Å². The number of cyclic esters (lactones) is 1. The Bertz CT molecular complexity index is 1530. The van der Waals surface area contributed by atoms with Gasteiger partial charge in [-0.1, -0.05) is 86.0 Å². The largest absolute Gasteiger partial charge is 0.458 e. The van der Waals surface area contributed by atoms with Crippen molar-refractivity contribution in [2.75, 3.05) is 21.2 Å². The van der Waals surface area contributed by atoms with Gasteiger partial charge in [0.1, 0.15) is 35.4 Å². The number of unbranched alkanes of at least 4 members (excludes halogenated alkanes) is 8. The van der Waals surface area contributed by atoms with Gasteiger partial charge in [-0.2, -0.15) is 0 Å². The molecule has 65 heavy (non-hydrogen) atoms. The summed E-state index contributed by atoms with van der Waals surface area (Å²) < 4.78 is 38.1. The van der Waals surface area contributed by atoms with Crippen LogP contribution in [0, 0.1) is 23.2 Å². The first-order chi connectivity index (χ1) is 30.1. The Morgan fingerprint density at radius 2 is 1.42 bits per heavy atom. The molecule has 3 fully saturated rings. The summed E-state index contributed by atoms with van der Waals surface area (Å²) in [6.07, 6.45) is -2.50. The van der Waals surface area contributed by atoms with Gasteiger partial charge in [-0.15, -0.1) is 0 Å². The molecule has 0 aromatic carbocycles. The van der Waals surface area contributed by atoms with Crippen molar-refractivity contribution >= 4 is 17.5 Å². The molecule has 0 saturated carbocycles. The molecule has 0 amide bonds. The van der Waals surface area contributed by atoms with E-state index in [9.17, 15) is 30.3 Å². The number of carbonyl (C=O) groups is 3. The van der Waals surface area contributed by atoms with E-state index in [2.05, 4.69) is 6.92 Å². The molecule has 380 valence electrons. The van der Waals surface area contributed by atoms with Crippen LogP contribution in [0.3, 0.4) is 0 Å². The summed E-state index contributed by atoms with van der Waals surface area (Å²) in [4.78, 5) is 46.7. The van der Waals surface area contributed by atoms with Crippen molar-refractivity contribution in [1.82, 2.24) is 4.90 Å². The van der Waals surface area contributed by atoms with Crippen LogP contribution >= 0.6 is 0 Å². The number of aliphatic hydroxyl groups excluding tert-OH is 3. The first-order valence-electron chi connectivity index (χ1n) is 24.5. The van der Waals surface area contributed by atoms with Crippen LogP contribution in [-0.4, -0.2) is 153 Å². The van der Waals surface area contributed by atoms with Crippen LogP contribution in [0.5, 0.6) is 0 Å². The second-order valence-electron chi connectivity index (χ2n) is 21.0. The lowest BCUT2D eigenvalue weighted by molar-refractivity contribution is -0.343. The predicted molar refractivity (Wildman–Crippen MR) is 245 cm³/mol. The number of ketones is 2. The molecule has 16 nitrogen and oxygen atoms in total. The molecule has 16 heteroatoms. The number of hydrogen-bond acceptors (Lipinski definition) is 16. The molecular weight excluding hydrogens is 841 g/mol. The maximum absolute atomic E-state index is 15.4. The summed E-state index contributed by atoms with van der Waals surface area (Å²) >= 11 is 0. The van der Waals surface area contributed by atoms with Crippen LogP contribution < -0.4 is 5.73 Å². The minimum Gasteiger partial charge on any atom is -0.458 e. The maximum atomic E-state index is 15.4. The molecule has 18 atom stereocenters. The standard InChI is InChI=1S/C49H90N2O14/c1-15-17-18-19-20-21-22-23-24-25-35(52)47(10)44(57)63-36(16-2)48(11,59)40(55)31(5)38(53)29(3)27-45(8,58)42(64-43-39(54)34(51(12)13)26-30(4)61-43)32(6)49(47,50)65-37-28-46(9,60-14)41(56)33(7)62-37/h29-34,36-37,39-43,54-56,58-59H,15-28,50H2,1-14H3/t29-,30+,31+,32-,33+,34-,36-,37?,39+,40-,41+,42-,43?,45-,46-,47-,48-,49+/m1/s1. The van der Waals surface area contributed by atoms with Crippen LogP contribution in [0.25, 0.3) is 0 Å². The Morgan fingerprint density at radius 3 is 1.95 bits per heavy atom. The van der Waals surface area contributed by atoms with Crippen LogP contribution in [-0.2, 0) is 42.8 Å². The summed E-state index contributed by atoms with van der Waals surface area (Å²) in [6.45, 7) is 17.6. The summed E-state index contributed by atoms with van der Waals surface area (Å²) in [5.74, 6) is -5.85. The first-order valence-corrected chi connectivity index (χ1v) is 24.5. The van der Waals surface area contributed by atoms with Crippen molar-refractivity contribution < 1.29 is 68.3 Å². The highest BCUT2D eigenvalue weighted by Gasteiger charge is 2.66. The third-order valence-corrected chi connectivity index (χ3v) is 15.4. The zero-order chi connectivity index (χ0) is 49.5. The number of rotatable bonds is 18. The van der Waals surface area contributed by atoms with Crippen molar-refractivity contribution in [1.29, 1.82) is 0 Å². The number of nitrogens with zero attached hydrogens (tertiary/aromatic N) is 1. The number of carbonyl (C=O) groups excluding carboxylic acids is 3. The summed E-state index contributed by atoms with van der Waals surface area (Å²) in [5, 5.41) is 59.6. The lowest BCUT2D eigenvalue weighted by Gasteiger charge is -2.55. The van der Waals surface area contributed by atoms with Gasteiger partial charge in [-0.25, -0.2) is 0 Å². The molecule has 0 aromatic rings. The van der Waals surface area contributed by atoms with E-state index in [4.69, 9.17) is 34.2 Å². The highest BCUT2D eigenvalue weighted by molar-refractivity contribution is 6.05. The molecule has 0 aromatic heterocycles. The summed E-state index contributed by atoms with van der Waals surface area (Å²) in [5.41, 5.74) is -2.78. The fourth-order valence-corrected chi connectivity index (χ4v) is 10.6. The molecule has 2 unspecified atom stereocenters. The average Bonchev–Trinajstić information content (AvgIpc) is 3.24. The van der Waals surface area contributed by atoms with E-state index in [0.29, 0.717) is 19.3 Å². The van der Waals surface area contributed by atoms with Gasteiger partial charge in [0.2, 0.25) is 0 Å². The number of hydrogen-bond donors (Lipinski definition) is 6. The van der Waals surface area contributed by atoms with Gasteiger partial charge in [-0.05, 0) is 81.3 Å². The molecule has 3 aliphatic rings. The normalized spacial score (nSPS) is 43.9. The van der Waals surface area contributed by atoms with Crippen LogP contribution in [0.15, 0.2) is 0 Å². The molecular formula is C49H90N2O14. The predicted octanol–water partition coefficient (Wildman–Crippen LogP) is 4.93. The Hall–Kier alpha value is -1.67. The van der Waals surface area contributed by atoms with Gasteiger partial charge < -0.3 is 64.6 Å². The van der Waals surface area contributed by atoms with E-state index in [1.165, 1.54) is 47.6 Å². The van der Waals surface area contributed by atoms with Gasteiger partial charge in [0.25, 0.3) is 0 Å². The molecule has 0 aliphatic carbocycles. The summed E-state index contributed by atoms with van der Waals surface area (Å²) in [7, 11) is 5.07. The molecule has 3 aliphatic heterocycles. The Morgan fingerprint density at radius 1 is 0.846 bits per heavy atom. The first kappa shape index (κ1) is 57.6. The van der Waals surface area contributed by atoms with Crippen molar-refractivity contribution in [2.24, 2.45) is 28.9 Å². The maximum Gasteiger partial charge on any atom is 0.324 e. The molecule has 0 radical (unpaired) electrons. The fraction of sp³-hybridized carbons (Fsp3) is 0.939. The second-order valence-corrected chi connectivity index (χ2v) is 21.0. The summed E-state index contributed by atoms with van der Waals surface area (Å²) in [6, 6.07) is -0.434. The van der Waals surface area contributed by atoms with E-state index in [1.54, 1.807) is 34.6 Å². The zero-order valence-corrected chi connectivity index (χ0v) is 42.3. The van der Waals surface area contributed by atoms with Gasteiger partial charge in [0.05, 0.1) is 35.6 Å². The van der Waals surface area contributed by atoms with Gasteiger partial charge >= 0.3 is 5.97 Å². The topological polar surface area (TPSA) is 237 Å². The monoisotopic (exact) mass is 931 g/mol. The van der Waals surface area contributed by atoms with Gasteiger partial charge in [0.15, 0.2) is 23.8 Å². The average molecular weight is 931 g/mol. The highest BCUT2D eigenvalue weighted by atomic mass is 16.7. The van der Waals surface area contributed by atoms with Crippen molar-refractivity contribution in [3.05, 3.63) is 0 Å². The lowest BCUT2D eigenvalue weighted by Crippen LogP contribution is -2.73. The SMILES string of the molecule is CCCCCCCCCCCC(=O)[C@]1(C)C(=O)O[C@H](CC)[C@@](C)(O)[C@H](O)[C@@H](C)C(=O)[C@H](C)C[C@@](C)(O)[C@H](OC2O[C@@H](C)C[C@@H](N(C)C)[C@@H]2O)[C@@H](C)[C@]1(N)OC1C[C@@](C)(OC)[C@@H](O)[C@H](C)O1. The lowest BCUT2D eigenvalue weighted by atomic mass is 9.64. The van der Waals surface area contributed by atoms with E-state index in [-0.39, 0.29) is 25.7 Å². The fourth-order valence-electron chi connectivity index (χ4n) is 10.6. The van der Waals surface area contributed by atoms with E-state index in [1.807, 2.05) is 25.9 Å². The number of nitrogens with two attached hydrogens (primary N) is 1. The number of likely N-dealkylation sites (N-methyl/N-ethyl adjacent to an activating group) is 1. The number of aliphatic hydroxyl groups is 5. The molecule has 0 spiro atoms. The highest BCUT2D eigenvalue weighted by Crippen LogP contribution is 2.48. The van der Waals surface area contributed by atoms with Crippen molar-refractivity contribution in [3.63, 3.8) is 0 Å². The molecule has 0 bridgehead atoms. The van der Waals surface area contributed by atoms with Crippen LogP contribution in [0.4, 0.5) is 0 Å². The molecule has 3 heterocycles. The van der Waals surface area contributed by atoms with E-state index >= 15 is 9.59 Å². The molecule has 7 N–H and O–H groups in total. The second kappa shape index (κ2) is 23.8. The number of methoxy groups -OCH3 is 1. The van der Waals surface area contributed by atoms with E-state index < -0.39 is 125 Å². The quantitative estimate of drug-likeness (QED) is 0.0463. The Balaban J connectivity index is 2.36. The van der Waals surface area contributed by atoms with Crippen molar-refractivity contribution in [2.45, 2.75) is 250 Å². The third-order valence-electron chi connectivity index (χ3n) is 15.4. The van der Waals surface area contributed by atoms with Crippen molar-refractivity contribution in [3.8, 4) is 0 Å². The van der Waals surface area contributed by atoms with E-state index in [0.717, 1.165) is 32.1 Å². The minimum atomic E-state index is -2.52. The smallest absolute Gasteiger partial charge is 0.324 e. The van der Waals surface area contributed by atoms with Gasteiger partial charge in [-0.3, -0.25) is 14.4 Å². The Labute approximate surface area is 389 Å². The molecule has 3 saturated heterocycles. The van der Waals surface area contributed by atoms with Crippen LogP contribution in [0.1, 0.15) is 166 Å². The number of esters is 1. The minimum absolute atomic E-state index is 0.0291. The number of ether oxygens (including phenoxy) is 6. The number of Topliss-reactive ketones (excluding diaryl/α,β-unsaturated/α-hetero) is 2. The zero-order valence-electron chi connectivity index (χ0n) is 42.3.